The second kappa shape index (κ2) is 10.8. The van der Waals surface area contributed by atoms with Crippen LogP contribution in [-0.4, -0.2) is 34.7 Å². The zero-order valence-electron chi connectivity index (χ0n) is 17.5. The molecule has 3 aromatic rings. The van der Waals surface area contributed by atoms with Crippen LogP contribution in [-0.2, 0) is 4.79 Å². The first-order valence-electron chi connectivity index (χ1n) is 9.93. The average molecular weight is 487 g/mol. The molecule has 0 atom stereocenters. The van der Waals surface area contributed by atoms with Gasteiger partial charge in [-0.15, -0.1) is 0 Å². The first kappa shape index (κ1) is 24.0. The van der Waals surface area contributed by atoms with E-state index in [1.165, 1.54) is 23.1 Å². The molecule has 2 amide bonds. The maximum atomic E-state index is 13.0. The average Bonchev–Trinajstić information content (AvgIpc) is 2.80. The Labute approximate surface area is 200 Å². The molecule has 0 fully saturated rings. The number of benzene rings is 3. The van der Waals surface area contributed by atoms with E-state index in [0.29, 0.717) is 5.69 Å². The second-order valence-electron chi connectivity index (χ2n) is 6.94. The summed E-state index contributed by atoms with van der Waals surface area (Å²) >= 11 is 12.1. The summed E-state index contributed by atoms with van der Waals surface area (Å²) in [4.78, 5) is 37.8. The molecule has 10 heteroatoms. The zero-order valence-corrected chi connectivity index (χ0v) is 19.1. The van der Waals surface area contributed by atoms with Crippen LogP contribution in [0.2, 0.25) is 10.0 Å². The monoisotopic (exact) mass is 486 g/mol. The van der Waals surface area contributed by atoms with Gasteiger partial charge in [-0.25, -0.2) is 0 Å². The zero-order chi connectivity index (χ0) is 24.0. The van der Waals surface area contributed by atoms with Crippen LogP contribution in [0.4, 0.5) is 22.7 Å². The van der Waals surface area contributed by atoms with E-state index in [1.807, 2.05) is 6.07 Å². The number of rotatable bonds is 8. The Morgan fingerprint density at radius 1 is 1.00 bits per heavy atom. The third-order valence-electron chi connectivity index (χ3n) is 4.72. The fourth-order valence-electron chi connectivity index (χ4n) is 3.08. The predicted molar refractivity (Wildman–Crippen MR) is 129 cm³/mol. The van der Waals surface area contributed by atoms with E-state index in [-0.39, 0.29) is 45.8 Å². The summed E-state index contributed by atoms with van der Waals surface area (Å²) in [7, 11) is 0. The molecule has 8 nitrogen and oxygen atoms in total. The first-order valence-corrected chi connectivity index (χ1v) is 10.7. The molecular weight excluding hydrogens is 467 g/mol. The lowest BCUT2D eigenvalue weighted by atomic mass is 10.1. The van der Waals surface area contributed by atoms with Gasteiger partial charge in [0.2, 0.25) is 5.91 Å². The van der Waals surface area contributed by atoms with Crippen LogP contribution in [0, 0.1) is 10.1 Å². The highest BCUT2D eigenvalue weighted by atomic mass is 35.5. The Balaban J connectivity index is 1.78. The van der Waals surface area contributed by atoms with Crippen molar-refractivity contribution in [2.24, 2.45) is 0 Å². The quantitative estimate of drug-likeness (QED) is 0.311. The minimum absolute atomic E-state index is 0.0886. The van der Waals surface area contributed by atoms with Crippen LogP contribution in [0.1, 0.15) is 17.3 Å². The van der Waals surface area contributed by atoms with E-state index in [0.717, 1.165) is 0 Å². The lowest BCUT2D eigenvalue weighted by Crippen LogP contribution is -2.38. The highest BCUT2D eigenvalue weighted by Crippen LogP contribution is 2.30. The maximum Gasteiger partial charge on any atom is 0.293 e. The van der Waals surface area contributed by atoms with Crippen LogP contribution in [0.25, 0.3) is 0 Å². The summed E-state index contributed by atoms with van der Waals surface area (Å²) < 4.78 is 0. The smallest absolute Gasteiger partial charge is 0.293 e. The van der Waals surface area contributed by atoms with Gasteiger partial charge in [0.1, 0.15) is 12.2 Å². The Kier molecular flexibility index (Phi) is 7.87. The highest BCUT2D eigenvalue weighted by Gasteiger charge is 2.23. The van der Waals surface area contributed by atoms with Crippen molar-refractivity contribution in [1.82, 2.24) is 4.90 Å². The Bertz CT molecular complexity index is 1170. The van der Waals surface area contributed by atoms with Gasteiger partial charge in [-0.2, -0.15) is 0 Å². The van der Waals surface area contributed by atoms with Crippen molar-refractivity contribution >= 4 is 57.8 Å². The molecule has 0 heterocycles. The van der Waals surface area contributed by atoms with Gasteiger partial charge in [0.05, 0.1) is 20.7 Å². The SMILES string of the molecule is CCN(CC(=O)Nc1c(Cl)cccc1Cl)C(=O)c1ccc(Nc2ccccc2)c([N+](=O)[O-])c1. The molecule has 0 aromatic heterocycles. The summed E-state index contributed by atoms with van der Waals surface area (Å²) in [5.74, 6) is -1.02. The number of amides is 2. The molecule has 170 valence electrons. The van der Waals surface area contributed by atoms with Crippen molar-refractivity contribution in [3.8, 4) is 0 Å². The number of para-hydroxylation sites is 2. The van der Waals surface area contributed by atoms with Crippen molar-refractivity contribution in [3.05, 3.63) is 92.5 Å². The van der Waals surface area contributed by atoms with Crippen molar-refractivity contribution in [2.75, 3.05) is 23.7 Å². The van der Waals surface area contributed by atoms with Crippen molar-refractivity contribution in [1.29, 1.82) is 0 Å². The number of nitro benzene ring substituents is 1. The molecule has 0 spiro atoms. The molecular formula is C23H20Cl2N4O4. The fraction of sp³-hybridized carbons (Fsp3) is 0.130. The summed E-state index contributed by atoms with van der Waals surface area (Å²) in [5.41, 5.74) is 1.00. The minimum atomic E-state index is -0.565. The molecule has 2 N–H and O–H groups in total. The van der Waals surface area contributed by atoms with Gasteiger partial charge < -0.3 is 15.5 Å². The molecule has 0 aliphatic carbocycles. The van der Waals surface area contributed by atoms with Crippen LogP contribution in [0.3, 0.4) is 0 Å². The Hall–Kier alpha value is -3.62. The summed E-state index contributed by atoms with van der Waals surface area (Å²) in [5, 5.41) is 17.7. The normalized spacial score (nSPS) is 10.4. The number of likely N-dealkylation sites (N-methyl/N-ethyl adjacent to an activating group) is 1. The van der Waals surface area contributed by atoms with Crippen LogP contribution in [0.15, 0.2) is 66.7 Å². The van der Waals surface area contributed by atoms with Gasteiger partial charge in [-0.3, -0.25) is 19.7 Å². The highest BCUT2D eigenvalue weighted by molar-refractivity contribution is 6.39. The van der Waals surface area contributed by atoms with E-state index in [2.05, 4.69) is 10.6 Å². The summed E-state index contributed by atoms with van der Waals surface area (Å²) in [6.45, 7) is 1.63. The van der Waals surface area contributed by atoms with Gasteiger partial charge >= 0.3 is 0 Å². The minimum Gasteiger partial charge on any atom is -0.350 e. The molecule has 33 heavy (non-hydrogen) atoms. The third kappa shape index (κ3) is 6.00. The topological polar surface area (TPSA) is 105 Å². The van der Waals surface area contributed by atoms with Crippen LogP contribution < -0.4 is 10.6 Å². The van der Waals surface area contributed by atoms with Crippen molar-refractivity contribution in [3.63, 3.8) is 0 Å². The molecule has 0 radical (unpaired) electrons. The molecule has 0 aliphatic rings. The number of nitrogens with one attached hydrogen (secondary N) is 2. The van der Waals surface area contributed by atoms with Gasteiger partial charge in [0, 0.05) is 23.9 Å². The molecule has 0 unspecified atom stereocenters. The first-order chi connectivity index (χ1) is 15.8. The van der Waals surface area contributed by atoms with Gasteiger partial charge in [-0.1, -0.05) is 47.5 Å². The predicted octanol–water partition coefficient (Wildman–Crippen LogP) is 5.75. The van der Waals surface area contributed by atoms with E-state index >= 15 is 0 Å². The molecule has 0 aliphatic heterocycles. The van der Waals surface area contributed by atoms with Gasteiger partial charge in [0.15, 0.2) is 0 Å². The Morgan fingerprint density at radius 3 is 2.27 bits per heavy atom. The van der Waals surface area contributed by atoms with E-state index in [4.69, 9.17) is 23.2 Å². The van der Waals surface area contributed by atoms with Gasteiger partial charge in [0.25, 0.3) is 11.6 Å². The number of carbonyl (C=O) groups excluding carboxylic acids is 2. The van der Waals surface area contributed by atoms with Crippen LogP contribution in [0.5, 0.6) is 0 Å². The van der Waals surface area contributed by atoms with Crippen molar-refractivity contribution < 1.29 is 14.5 Å². The standard InChI is InChI=1S/C23H20Cl2N4O4/c1-2-28(14-21(30)27-22-17(24)9-6-10-18(22)25)23(31)15-11-12-19(20(13-15)29(32)33)26-16-7-4-3-5-8-16/h3-13,26H,2,14H2,1H3,(H,27,30). The van der Waals surface area contributed by atoms with E-state index in [1.54, 1.807) is 49.4 Å². The maximum absolute atomic E-state index is 13.0. The largest absolute Gasteiger partial charge is 0.350 e. The molecule has 3 rings (SSSR count). The molecule has 0 saturated heterocycles. The molecule has 0 saturated carbocycles. The molecule has 0 bridgehead atoms. The second-order valence-corrected chi connectivity index (χ2v) is 7.76. The number of halogens is 2. The van der Waals surface area contributed by atoms with Crippen LogP contribution >= 0.6 is 23.2 Å². The number of carbonyl (C=O) groups is 2. The molecule has 3 aromatic carbocycles. The van der Waals surface area contributed by atoms with E-state index in [9.17, 15) is 19.7 Å². The van der Waals surface area contributed by atoms with E-state index < -0.39 is 16.7 Å². The Morgan fingerprint density at radius 2 is 1.67 bits per heavy atom. The number of anilines is 3. The summed E-state index contributed by atoms with van der Waals surface area (Å²) in [6, 6.07) is 17.9. The van der Waals surface area contributed by atoms with Gasteiger partial charge in [-0.05, 0) is 43.3 Å². The third-order valence-corrected chi connectivity index (χ3v) is 5.35. The summed E-state index contributed by atoms with van der Waals surface area (Å²) in [6.07, 6.45) is 0. The van der Waals surface area contributed by atoms with Crippen molar-refractivity contribution in [2.45, 2.75) is 6.92 Å². The lowest BCUT2D eigenvalue weighted by Gasteiger charge is -2.21. The number of nitrogens with zero attached hydrogens (tertiary/aromatic N) is 2. The number of hydrogen-bond donors (Lipinski definition) is 2. The number of nitro groups is 1. The number of hydrogen-bond acceptors (Lipinski definition) is 5. The lowest BCUT2D eigenvalue weighted by molar-refractivity contribution is -0.383. The fourth-order valence-corrected chi connectivity index (χ4v) is 3.57.